The summed E-state index contributed by atoms with van der Waals surface area (Å²) in [5.74, 6) is 0. The summed E-state index contributed by atoms with van der Waals surface area (Å²) in [6.45, 7) is 0. The third-order valence-corrected chi connectivity index (χ3v) is 9.18. The summed E-state index contributed by atoms with van der Waals surface area (Å²) in [4.78, 5) is 9.59. The van der Waals surface area contributed by atoms with Gasteiger partial charge in [0.1, 0.15) is 0 Å². The summed E-state index contributed by atoms with van der Waals surface area (Å²) in [7, 11) is 0. The molecule has 9 rings (SSSR count). The lowest BCUT2D eigenvalue weighted by Crippen LogP contribution is -2.28. The van der Waals surface area contributed by atoms with Gasteiger partial charge < -0.3 is 0 Å². The highest BCUT2D eigenvalue weighted by Gasteiger charge is 2.45. The molecule has 0 saturated carbocycles. The summed E-state index contributed by atoms with van der Waals surface area (Å²) in [5.41, 5.74) is 10.1. The number of hydrogen-bond donors (Lipinski definition) is 0. The Morgan fingerprint density at radius 1 is 0.442 bits per heavy atom. The highest BCUT2D eigenvalue weighted by Crippen LogP contribution is 2.56. The molecular formula is C41H26N2. The minimum atomic E-state index is -0.395. The Balaban J connectivity index is 1.28. The zero-order chi connectivity index (χ0) is 28.4. The third-order valence-electron chi connectivity index (χ3n) is 9.18. The first kappa shape index (κ1) is 24.0. The molecule has 0 radical (unpaired) electrons. The number of benzene rings is 6. The van der Waals surface area contributed by atoms with E-state index in [9.17, 15) is 0 Å². The lowest BCUT2D eigenvalue weighted by molar-refractivity contribution is 0.771. The molecular weight excluding hydrogens is 520 g/mol. The fourth-order valence-corrected chi connectivity index (χ4v) is 7.36. The standard InChI is InChI=1S/C41H26N2/c1-3-13-31(14-4-1)41(32-15-5-2-6-16-32)35-18-9-12-28-24-34(33-17-10-19-36(41)40(33)39(28)35)29-21-22-38(42-25-29)30-23-27-11-7-8-20-37(27)43-26-30/h1-26H. The van der Waals surface area contributed by atoms with Gasteiger partial charge in [-0.05, 0) is 73.6 Å². The number of fused-ring (bicyclic) bond motifs is 1. The molecule has 1 aliphatic rings. The van der Waals surface area contributed by atoms with Gasteiger partial charge in [0, 0.05) is 28.9 Å². The number of aromatic nitrogens is 2. The Labute approximate surface area is 250 Å². The van der Waals surface area contributed by atoms with Crippen molar-refractivity contribution in [3.8, 4) is 22.4 Å². The summed E-state index contributed by atoms with van der Waals surface area (Å²) in [6.07, 6.45) is 3.93. The molecule has 2 heteroatoms. The average Bonchev–Trinajstić information content (AvgIpc) is 3.40. The summed E-state index contributed by atoms with van der Waals surface area (Å²) < 4.78 is 0. The van der Waals surface area contributed by atoms with E-state index in [0.717, 1.165) is 27.7 Å². The molecule has 8 aromatic rings. The second-order valence-corrected chi connectivity index (χ2v) is 11.4. The van der Waals surface area contributed by atoms with Crippen LogP contribution in [0.25, 0.3) is 54.8 Å². The molecule has 2 aromatic heterocycles. The van der Waals surface area contributed by atoms with E-state index in [0.29, 0.717) is 0 Å². The van der Waals surface area contributed by atoms with Gasteiger partial charge in [0.05, 0.1) is 16.6 Å². The Morgan fingerprint density at radius 2 is 1.09 bits per heavy atom. The summed E-state index contributed by atoms with van der Waals surface area (Å²) in [5, 5.41) is 6.31. The predicted molar refractivity (Wildman–Crippen MR) is 177 cm³/mol. The monoisotopic (exact) mass is 546 g/mol. The number of pyridine rings is 2. The Bertz CT molecular complexity index is 2280. The molecule has 0 N–H and O–H groups in total. The van der Waals surface area contributed by atoms with Crippen molar-refractivity contribution in [1.29, 1.82) is 0 Å². The Kier molecular flexibility index (Phi) is 5.15. The van der Waals surface area contributed by atoms with Crippen molar-refractivity contribution in [1.82, 2.24) is 9.97 Å². The van der Waals surface area contributed by atoms with E-state index < -0.39 is 5.41 Å². The van der Waals surface area contributed by atoms with Gasteiger partial charge >= 0.3 is 0 Å². The van der Waals surface area contributed by atoms with Crippen LogP contribution >= 0.6 is 0 Å². The van der Waals surface area contributed by atoms with E-state index in [4.69, 9.17) is 4.98 Å². The first-order chi connectivity index (χ1) is 21.3. The van der Waals surface area contributed by atoms with Crippen LogP contribution in [0, 0.1) is 0 Å². The quantitative estimate of drug-likeness (QED) is 0.205. The normalized spacial score (nSPS) is 13.3. The molecule has 0 atom stereocenters. The molecule has 1 aliphatic carbocycles. The highest BCUT2D eigenvalue weighted by molar-refractivity contribution is 6.20. The zero-order valence-electron chi connectivity index (χ0n) is 23.4. The molecule has 2 heterocycles. The fourth-order valence-electron chi connectivity index (χ4n) is 7.36. The molecule has 0 unspecified atom stereocenters. The van der Waals surface area contributed by atoms with Crippen LogP contribution in [0.3, 0.4) is 0 Å². The van der Waals surface area contributed by atoms with Crippen LogP contribution < -0.4 is 0 Å². The van der Waals surface area contributed by atoms with Crippen LogP contribution in [0.15, 0.2) is 158 Å². The summed E-state index contributed by atoms with van der Waals surface area (Å²) >= 11 is 0. The third kappa shape index (κ3) is 3.41. The largest absolute Gasteiger partial charge is 0.256 e. The molecule has 0 aliphatic heterocycles. The lowest BCUT2D eigenvalue weighted by Gasteiger charge is -2.34. The highest BCUT2D eigenvalue weighted by atomic mass is 14.7. The minimum absolute atomic E-state index is 0.395. The minimum Gasteiger partial charge on any atom is -0.256 e. The van der Waals surface area contributed by atoms with Gasteiger partial charge in [0.25, 0.3) is 0 Å². The maximum Gasteiger partial charge on any atom is 0.0718 e. The number of para-hydroxylation sites is 1. The molecule has 0 spiro atoms. The molecule has 0 saturated heterocycles. The van der Waals surface area contributed by atoms with Crippen molar-refractivity contribution in [3.05, 3.63) is 180 Å². The van der Waals surface area contributed by atoms with Crippen molar-refractivity contribution < 1.29 is 0 Å². The molecule has 2 nitrogen and oxygen atoms in total. The van der Waals surface area contributed by atoms with Gasteiger partial charge in [-0.15, -0.1) is 0 Å². The van der Waals surface area contributed by atoms with Gasteiger partial charge in [-0.1, -0.05) is 121 Å². The maximum absolute atomic E-state index is 4.94. The molecule has 0 amide bonds. The summed E-state index contributed by atoms with van der Waals surface area (Å²) in [6, 6.07) is 52.6. The first-order valence-corrected chi connectivity index (χ1v) is 14.7. The second kappa shape index (κ2) is 9.20. The topological polar surface area (TPSA) is 25.8 Å². The van der Waals surface area contributed by atoms with Gasteiger partial charge in [-0.3, -0.25) is 9.97 Å². The van der Waals surface area contributed by atoms with Gasteiger partial charge in [-0.25, -0.2) is 0 Å². The average molecular weight is 547 g/mol. The SMILES string of the molecule is c1ccc(C2(c3ccccc3)c3cccc4cc(-c5ccc(-c6cnc7ccccc7c6)nc5)c5cccc2c5c34)cc1. The first-order valence-electron chi connectivity index (χ1n) is 14.7. The van der Waals surface area contributed by atoms with Crippen LogP contribution in [0.2, 0.25) is 0 Å². The van der Waals surface area contributed by atoms with Gasteiger partial charge in [0.2, 0.25) is 0 Å². The van der Waals surface area contributed by atoms with E-state index in [-0.39, 0.29) is 0 Å². The number of nitrogens with zero attached hydrogens (tertiary/aromatic N) is 2. The second-order valence-electron chi connectivity index (χ2n) is 11.4. The molecule has 6 aromatic carbocycles. The van der Waals surface area contributed by atoms with Crippen molar-refractivity contribution in [2.24, 2.45) is 0 Å². The van der Waals surface area contributed by atoms with Crippen LogP contribution in [0.1, 0.15) is 22.3 Å². The van der Waals surface area contributed by atoms with Crippen molar-refractivity contribution in [2.75, 3.05) is 0 Å². The van der Waals surface area contributed by atoms with Gasteiger partial charge in [-0.2, -0.15) is 0 Å². The van der Waals surface area contributed by atoms with Crippen molar-refractivity contribution in [2.45, 2.75) is 5.41 Å². The van der Waals surface area contributed by atoms with Crippen molar-refractivity contribution >= 4 is 32.4 Å². The molecule has 0 bridgehead atoms. The van der Waals surface area contributed by atoms with Crippen LogP contribution in [0.5, 0.6) is 0 Å². The van der Waals surface area contributed by atoms with E-state index in [1.807, 2.05) is 30.6 Å². The maximum atomic E-state index is 4.94. The zero-order valence-corrected chi connectivity index (χ0v) is 23.4. The fraction of sp³-hybridized carbons (Fsp3) is 0.0244. The smallest absolute Gasteiger partial charge is 0.0718 e. The van der Waals surface area contributed by atoms with E-state index in [1.54, 1.807) is 0 Å². The van der Waals surface area contributed by atoms with Crippen LogP contribution in [0.4, 0.5) is 0 Å². The van der Waals surface area contributed by atoms with Crippen LogP contribution in [-0.4, -0.2) is 9.97 Å². The van der Waals surface area contributed by atoms with E-state index >= 15 is 0 Å². The molecule has 0 fully saturated rings. The van der Waals surface area contributed by atoms with Gasteiger partial charge in [0.15, 0.2) is 0 Å². The lowest BCUT2D eigenvalue weighted by atomic mass is 9.67. The van der Waals surface area contributed by atoms with E-state index in [2.05, 4.69) is 132 Å². The predicted octanol–water partition coefficient (Wildman–Crippen LogP) is 9.97. The van der Waals surface area contributed by atoms with Crippen molar-refractivity contribution in [3.63, 3.8) is 0 Å². The van der Waals surface area contributed by atoms with E-state index in [1.165, 1.54) is 49.4 Å². The Hall–Kier alpha value is -5.60. The molecule has 43 heavy (non-hydrogen) atoms. The van der Waals surface area contributed by atoms with Crippen LogP contribution in [-0.2, 0) is 5.41 Å². The Morgan fingerprint density at radius 3 is 1.84 bits per heavy atom. The number of rotatable bonds is 4. The molecule has 200 valence electrons. The number of hydrogen-bond acceptors (Lipinski definition) is 2.